The molecule has 1 aliphatic heterocycles. The summed E-state index contributed by atoms with van der Waals surface area (Å²) in [6.07, 6.45) is 1.94. The molecule has 0 bridgehead atoms. The number of halogens is 1. The maximum Gasteiger partial charge on any atom is 0.404 e. The minimum atomic E-state index is -0.722. The summed E-state index contributed by atoms with van der Waals surface area (Å²) in [6, 6.07) is 14.4. The summed E-state index contributed by atoms with van der Waals surface area (Å²) in [7, 11) is 0. The molecule has 0 aliphatic carbocycles. The quantitative estimate of drug-likeness (QED) is 0.265. The van der Waals surface area contributed by atoms with Gasteiger partial charge in [0.05, 0.1) is 17.6 Å². The Kier molecular flexibility index (Phi) is 9.04. The van der Waals surface area contributed by atoms with Gasteiger partial charge in [-0.15, -0.1) is 0 Å². The van der Waals surface area contributed by atoms with Crippen molar-refractivity contribution in [1.29, 1.82) is 0 Å². The van der Waals surface area contributed by atoms with Crippen molar-refractivity contribution in [2.24, 2.45) is 11.1 Å². The van der Waals surface area contributed by atoms with Gasteiger partial charge in [-0.1, -0.05) is 39.0 Å². The minimum absolute atomic E-state index is 0.0353. The summed E-state index contributed by atoms with van der Waals surface area (Å²) in [6.45, 7) is 9.58. The lowest BCUT2D eigenvalue weighted by Gasteiger charge is -2.43. The molecule has 200 valence electrons. The molecule has 1 fully saturated rings. The first-order valence-corrected chi connectivity index (χ1v) is 13.6. The van der Waals surface area contributed by atoms with Crippen LogP contribution >= 0.6 is 15.9 Å². The second-order valence-corrected chi connectivity index (χ2v) is 11.4. The molecule has 1 saturated heterocycles. The van der Waals surface area contributed by atoms with Gasteiger partial charge in [0, 0.05) is 37.3 Å². The third-order valence-corrected chi connectivity index (χ3v) is 7.28. The van der Waals surface area contributed by atoms with E-state index in [1.165, 1.54) is 0 Å². The van der Waals surface area contributed by atoms with E-state index in [1.807, 2.05) is 36.4 Å². The number of aromatic nitrogens is 3. The maximum absolute atomic E-state index is 11.2. The van der Waals surface area contributed by atoms with Gasteiger partial charge in [-0.3, -0.25) is 9.47 Å². The number of nitrogens with one attached hydrogen (secondary N) is 1. The van der Waals surface area contributed by atoms with Crippen LogP contribution in [0.3, 0.4) is 0 Å². The molecule has 4 rings (SSSR count). The molecule has 1 aromatic carbocycles. The standard InChI is InChI=1S/C27H37BrN6O3/c1-27(2,3)23(17-37-25(29)35)33-14-11-20(12-15-33)31-26-32-21-8-4-5-9-22(21)34(26)18-36-16-13-19-7-6-10-24(28)30-19/h4-10,20,23H,11-18H2,1-3H3,(H2,29,35)(H,31,32). The summed E-state index contributed by atoms with van der Waals surface area (Å²) in [5, 5.41) is 3.67. The van der Waals surface area contributed by atoms with Gasteiger partial charge < -0.3 is 20.5 Å². The normalized spacial score (nSPS) is 16.1. The number of nitrogens with two attached hydrogens (primary N) is 1. The first kappa shape index (κ1) is 27.3. The summed E-state index contributed by atoms with van der Waals surface area (Å²) in [5.41, 5.74) is 8.17. The van der Waals surface area contributed by atoms with Gasteiger partial charge in [-0.25, -0.2) is 14.8 Å². The zero-order valence-electron chi connectivity index (χ0n) is 21.8. The number of likely N-dealkylation sites (tertiary alicyclic amines) is 1. The van der Waals surface area contributed by atoms with E-state index < -0.39 is 6.09 Å². The average Bonchev–Trinajstić information content (AvgIpc) is 3.19. The van der Waals surface area contributed by atoms with Crippen molar-refractivity contribution >= 4 is 39.0 Å². The molecule has 2 aromatic heterocycles. The number of piperidine rings is 1. The monoisotopic (exact) mass is 572 g/mol. The maximum atomic E-state index is 11.2. The fourth-order valence-electron chi connectivity index (χ4n) is 4.84. The number of anilines is 1. The van der Waals surface area contributed by atoms with E-state index in [-0.39, 0.29) is 17.5 Å². The van der Waals surface area contributed by atoms with Crippen molar-refractivity contribution in [3.63, 3.8) is 0 Å². The number of rotatable bonds is 10. The molecular weight excluding hydrogens is 536 g/mol. The summed E-state index contributed by atoms with van der Waals surface area (Å²) < 4.78 is 14.2. The Bertz CT molecular complexity index is 1190. The number of para-hydroxylation sites is 2. The van der Waals surface area contributed by atoms with Crippen molar-refractivity contribution < 1.29 is 14.3 Å². The second kappa shape index (κ2) is 12.2. The number of hydrogen-bond acceptors (Lipinski definition) is 7. The zero-order chi connectivity index (χ0) is 26.4. The Morgan fingerprint density at radius 3 is 2.62 bits per heavy atom. The van der Waals surface area contributed by atoms with Crippen LogP contribution in [0.2, 0.25) is 0 Å². The Morgan fingerprint density at radius 2 is 1.92 bits per heavy atom. The lowest BCUT2D eigenvalue weighted by Crippen LogP contribution is -2.52. The van der Waals surface area contributed by atoms with Crippen LogP contribution < -0.4 is 11.1 Å². The summed E-state index contributed by atoms with van der Waals surface area (Å²) in [5.74, 6) is 0.824. The number of benzene rings is 1. The topological polar surface area (TPSA) is 108 Å². The average molecular weight is 574 g/mol. The van der Waals surface area contributed by atoms with Crippen LogP contribution in [0.15, 0.2) is 47.1 Å². The predicted molar refractivity (Wildman–Crippen MR) is 148 cm³/mol. The zero-order valence-corrected chi connectivity index (χ0v) is 23.4. The van der Waals surface area contributed by atoms with E-state index in [0.29, 0.717) is 19.9 Å². The number of ether oxygens (including phenoxy) is 2. The van der Waals surface area contributed by atoms with E-state index in [4.69, 9.17) is 20.2 Å². The molecule has 3 heterocycles. The van der Waals surface area contributed by atoms with Crippen LogP contribution in [0.1, 0.15) is 39.3 Å². The number of pyridine rings is 1. The Labute approximate surface area is 226 Å². The van der Waals surface area contributed by atoms with E-state index in [0.717, 1.165) is 59.6 Å². The number of hydrogen-bond donors (Lipinski definition) is 2. The Hall–Kier alpha value is -2.69. The van der Waals surface area contributed by atoms with E-state index >= 15 is 0 Å². The van der Waals surface area contributed by atoms with Crippen molar-refractivity contribution in [1.82, 2.24) is 19.4 Å². The molecule has 0 saturated carbocycles. The smallest absolute Gasteiger partial charge is 0.404 e. The third kappa shape index (κ3) is 7.43. The highest BCUT2D eigenvalue weighted by Gasteiger charge is 2.34. The van der Waals surface area contributed by atoms with Crippen molar-refractivity contribution in [3.05, 3.63) is 52.8 Å². The van der Waals surface area contributed by atoms with Crippen LogP contribution in [0.4, 0.5) is 10.7 Å². The van der Waals surface area contributed by atoms with Gasteiger partial charge in [0.2, 0.25) is 5.95 Å². The van der Waals surface area contributed by atoms with Gasteiger partial charge >= 0.3 is 6.09 Å². The first-order valence-electron chi connectivity index (χ1n) is 12.8. The molecule has 3 aromatic rings. The highest BCUT2D eigenvalue weighted by Crippen LogP contribution is 2.29. The molecule has 9 nitrogen and oxygen atoms in total. The SMILES string of the molecule is CC(C)(C)C(COC(N)=O)N1CCC(Nc2nc3ccccc3n2COCCc2cccc(Br)n2)CC1. The molecule has 1 unspecified atom stereocenters. The van der Waals surface area contributed by atoms with Crippen LogP contribution in [0.25, 0.3) is 11.0 Å². The molecule has 37 heavy (non-hydrogen) atoms. The fourth-order valence-corrected chi connectivity index (χ4v) is 5.22. The predicted octanol–water partition coefficient (Wildman–Crippen LogP) is 4.80. The van der Waals surface area contributed by atoms with Gasteiger partial charge in [0.1, 0.15) is 17.9 Å². The number of carbonyl (C=O) groups excluding carboxylic acids is 1. The number of carbonyl (C=O) groups is 1. The highest BCUT2D eigenvalue weighted by molar-refractivity contribution is 9.10. The number of primary amides is 1. The van der Waals surface area contributed by atoms with Gasteiger partial charge in [-0.2, -0.15) is 0 Å². The lowest BCUT2D eigenvalue weighted by molar-refractivity contribution is 0.0253. The molecule has 1 amide bonds. The Balaban J connectivity index is 1.37. The van der Waals surface area contributed by atoms with Gasteiger partial charge in [-0.05, 0) is 58.5 Å². The van der Waals surface area contributed by atoms with Crippen LogP contribution in [-0.4, -0.2) is 63.9 Å². The minimum Gasteiger partial charge on any atom is -0.448 e. The first-order chi connectivity index (χ1) is 17.7. The Morgan fingerprint density at radius 1 is 1.16 bits per heavy atom. The fraction of sp³-hybridized carbons (Fsp3) is 0.519. The molecule has 1 aliphatic rings. The van der Waals surface area contributed by atoms with Crippen LogP contribution in [0, 0.1) is 5.41 Å². The lowest BCUT2D eigenvalue weighted by atomic mass is 9.85. The number of fused-ring (bicyclic) bond motifs is 1. The molecule has 0 radical (unpaired) electrons. The largest absolute Gasteiger partial charge is 0.448 e. The molecule has 3 N–H and O–H groups in total. The number of imidazole rings is 1. The number of amides is 1. The number of nitrogens with zero attached hydrogens (tertiary/aromatic N) is 4. The summed E-state index contributed by atoms with van der Waals surface area (Å²) in [4.78, 5) is 22.9. The van der Waals surface area contributed by atoms with Crippen molar-refractivity contribution in [2.45, 2.75) is 58.8 Å². The van der Waals surface area contributed by atoms with E-state index in [2.05, 4.69) is 62.5 Å². The van der Waals surface area contributed by atoms with Crippen molar-refractivity contribution in [3.8, 4) is 0 Å². The summed E-state index contributed by atoms with van der Waals surface area (Å²) >= 11 is 3.42. The van der Waals surface area contributed by atoms with Crippen LogP contribution in [0.5, 0.6) is 0 Å². The van der Waals surface area contributed by atoms with E-state index in [1.54, 1.807) is 0 Å². The second-order valence-electron chi connectivity index (χ2n) is 10.6. The van der Waals surface area contributed by atoms with E-state index in [9.17, 15) is 4.79 Å². The van der Waals surface area contributed by atoms with Crippen molar-refractivity contribution in [2.75, 3.05) is 31.6 Å². The van der Waals surface area contributed by atoms with Gasteiger partial charge in [0.25, 0.3) is 0 Å². The third-order valence-electron chi connectivity index (χ3n) is 6.84. The van der Waals surface area contributed by atoms with Gasteiger partial charge in [0.15, 0.2) is 0 Å². The highest BCUT2D eigenvalue weighted by atomic mass is 79.9. The molecule has 0 spiro atoms. The van der Waals surface area contributed by atoms with Crippen LogP contribution in [-0.2, 0) is 22.6 Å². The molecule has 1 atom stereocenters. The molecule has 10 heteroatoms. The molecular formula is C27H37BrN6O3.